The summed E-state index contributed by atoms with van der Waals surface area (Å²) in [4.78, 5) is 13.1. The van der Waals surface area contributed by atoms with E-state index in [1.807, 2.05) is 30.5 Å². The van der Waals surface area contributed by atoms with Crippen LogP contribution in [-0.4, -0.2) is 21.2 Å². The summed E-state index contributed by atoms with van der Waals surface area (Å²) in [6, 6.07) is 8.00. The van der Waals surface area contributed by atoms with Crippen LogP contribution in [0.25, 0.3) is 11.4 Å². The average molecular weight is 218 g/mol. The first kappa shape index (κ1) is 9.92. The Morgan fingerprint density at radius 3 is 2.47 bits per heavy atom. The molecule has 0 aliphatic heterocycles. The fourth-order valence-corrected chi connectivity index (χ4v) is 1.60. The van der Waals surface area contributed by atoms with E-state index in [2.05, 4.69) is 15.0 Å². The largest absolute Gasteiger partial charge is 0.368 e. The molecule has 2 aromatic rings. The summed E-state index contributed by atoms with van der Waals surface area (Å²) < 4.78 is 0. The standard InChI is InChI=1S/C10H10N4S/c1-15-8-4-2-7(3-5-8)9-12-6-13-10(11)14-9/h2-6H,1H3,(H2,11,12,13,14). The van der Waals surface area contributed by atoms with Gasteiger partial charge in [0.25, 0.3) is 0 Å². The van der Waals surface area contributed by atoms with Crippen molar-refractivity contribution in [1.29, 1.82) is 0 Å². The number of thioether (sulfide) groups is 1. The van der Waals surface area contributed by atoms with Gasteiger partial charge >= 0.3 is 0 Å². The highest BCUT2D eigenvalue weighted by Gasteiger charge is 2.01. The summed E-state index contributed by atoms with van der Waals surface area (Å²) in [5, 5.41) is 0. The molecule has 1 aromatic heterocycles. The van der Waals surface area contributed by atoms with Gasteiger partial charge in [0.15, 0.2) is 5.82 Å². The smallest absolute Gasteiger partial charge is 0.223 e. The maximum Gasteiger partial charge on any atom is 0.223 e. The van der Waals surface area contributed by atoms with Gasteiger partial charge in [0, 0.05) is 10.5 Å². The average Bonchev–Trinajstić information content (AvgIpc) is 2.29. The van der Waals surface area contributed by atoms with Gasteiger partial charge < -0.3 is 5.73 Å². The number of rotatable bonds is 2. The number of nitrogens with two attached hydrogens (primary N) is 1. The number of anilines is 1. The molecule has 0 spiro atoms. The van der Waals surface area contributed by atoms with Crippen LogP contribution in [0.5, 0.6) is 0 Å². The van der Waals surface area contributed by atoms with Crippen molar-refractivity contribution >= 4 is 17.7 Å². The number of nitrogens with zero attached hydrogens (tertiary/aromatic N) is 3. The fourth-order valence-electron chi connectivity index (χ4n) is 1.19. The van der Waals surface area contributed by atoms with Gasteiger partial charge in [-0.2, -0.15) is 4.98 Å². The number of hydrogen-bond acceptors (Lipinski definition) is 5. The summed E-state index contributed by atoms with van der Waals surface area (Å²) >= 11 is 1.70. The first-order chi connectivity index (χ1) is 7.29. The van der Waals surface area contributed by atoms with Gasteiger partial charge in [-0.15, -0.1) is 11.8 Å². The van der Waals surface area contributed by atoms with Crippen molar-refractivity contribution in [3.05, 3.63) is 30.6 Å². The minimum Gasteiger partial charge on any atom is -0.368 e. The van der Waals surface area contributed by atoms with E-state index in [9.17, 15) is 0 Å². The highest BCUT2D eigenvalue weighted by molar-refractivity contribution is 7.98. The van der Waals surface area contributed by atoms with Crippen LogP contribution in [0.2, 0.25) is 0 Å². The lowest BCUT2D eigenvalue weighted by Gasteiger charge is -2.01. The van der Waals surface area contributed by atoms with Crippen molar-refractivity contribution in [2.24, 2.45) is 0 Å². The zero-order valence-corrected chi connectivity index (χ0v) is 9.03. The molecule has 15 heavy (non-hydrogen) atoms. The highest BCUT2D eigenvalue weighted by atomic mass is 32.2. The zero-order valence-electron chi connectivity index (χ0n) is 8.21. The molecule has 0 aliphatic carbocycles. The Bertz CT molecular complexity index is 455. The highest BCUT2D eigenvalue weighted by Crippen LogP contribution is 2.20. The van der Waals surface area contributed by atoms with Gasteiger partial charge in [-0.25, -0.2) is 9.97 Å². The monoisotopic (exact) mass is 218 g/mol. The maximum atomic E-state index is 5.49. The topological polar surface area (TPSA) is 64.7 Å². The Balaban J connectivity index is 2.37. The van der Waals surface area contributed by atoms with Gasteiger partial charge in [0.1, 0.15) is 6.33 Å². The first-order valence-corrected chi connectivity index (χ1v) is 5.61. The Kier molecular flexibility index (Phi) is 2.82. The molecular formula is C10H10N4S. The molecule has 0 aliphatic rings. The number of benzene rings is 1. The summed E-state index contributed by atoms with van der Waals surface area (Å²) in [5.41, 5.74) is 6.43. The van der Waals surface area contributed by atoms with Crippen LogP contribution in [0.4, 0.5) is 5.95 Å². The first-order valence-electron chi connectivity index (χ1n) is 4.38. The van der Waals surface area contributed by atoms with Crippen LogP contribution >= 0.6 is 11.8 Å². The SMILES string of the molecule is CSc1ccc(-c2ncnc(N)n2)cc1. The van der Waals surface area contributed by atoms with E-state index >= 15 is 0 Å². The summed E-state index contributed by atoms with van der Waals surface area (Å²) in [5.74, 6) is 0.851. The number of nitrogen functional groups attached to an aromatic ring is 1. The Morgan fingerprint density at radius 1 is 1.13 bits per heavy atom. The molecule has 0 fully saturated rings. The van der Waals surface area contributed by atoms with Gasteiger partial charge in [-0.05, 0) is 18.4 Å². The second-order valence-electron chi connectivity index (χ2n) is 2.90. The van der Waals surface area contributed by atoms with E-state index in [0.717, 1.165) is 5.56 Å². The van der Waals surface area contributed by atoms with Crippen molar-refractivity contribution in [3.63, 3.8) is 0 Å². The lowest BCUT2D eigenvalue weighted by atomic mass is 10.2. The van der Waals surface area contributed by atoms with Gasteiger partial charge in [0.2, 0.25) is 5.95 Å². The van der Waals surface area contributed by atoms with Gasteiger partial charge in [-0.3, -0.25) is 0 Å². The Morgan fingerprint density at radius 2 is 1.87 bits per heavy atom. The number of aromatic nitrogens is 3. The fraction of sp³-hybridized carbons (Fsp3) is 0.100. The molecule has 5 heteroatoms. The van der Waals surface area contributed by atoms with E-state index in [0.29, 0.717) is 5.82 Å². The molecule has 0 saturated carbocycles. The molecule has 0 bridgehead atoms. The minimum absolute atomic E-state index is 0.244. The van der Waals surface area contributed by atoms with Gasteiger partial charge in [-0.1, -0.05) is 12.1 Å². The van der Waals surface area contributed by atoms with Crippen LogP contribution in [-0.2, 0) is 0 Å². The molecule has 76 valence electrons. The van der Waals surface area contributed by atoms with Crippen LogP contribution in [0.1, 0.15) is 0 Å². The third-order valence-corrected chi connectivity index (χ3v) is 2.68. The van der Waals surface area contributed by atoms with Crippen molar-refractivity contribution in [3.8, 4) is 11.4 Å². The second kappa shape index (κ2) is 4.27. The predicted molar refractivity (Wildman–Crippen MR) is 61.5 cm³/mol. The molecule has 2 rings (SSSR count). The van der Waals surface area contributed by atoms with Crippen LogP contribution < -0.4 is 5.73 Å². The van der Waals surface area contributed by atoms with E-state index in [1.165, 1.54) is 11.2 Å². The quantitative estimate of drug-likeness (QED) is 0.779. The second-order valence-corrected chi connectivity index (χ2v) is 3.78. The van der Waals surface area contributed by atoms with Crippen LogP contribution in [0.15, 0.2) is 35.5 Å². The molecule has 0 saturated heterocycles. The zero-order chi connectivity index (χ0) is 10.7. The lowest BCUT2D eigenvalue weighted by molar-refractivity contribution is 1.07. The third-order valence-electron chi connectivity index (χ3n) is 1.94. The minimum atomic E-state index is 0.244. The normalized spacial score (nSPS) is 10.2. The molecule has 0 amide bonds. The molecule has 0 unspecified atom stereocenters. The summed E-state index contributed by atoms with van der Waals surface area (Å²) in [6.45, 7) is 0. The van der Waals surface area contributed by atoms with Crippen LogP contribution in [0.3, 0.4) is 0 Å². The van der Waals surface area contributed by atoms with Crippen molar-refractivity contribution in [2.45, 2.75) is 4.90 Å². The molecule has 2 N–H and O–H groups in total. The predicted octanol–water partition coefficient (Wildman–Crippen LogP) is 1.84. The van der Waals surface area contributed by atoms with E-state index in [4.69, 9.17) is 5.73 Å². The molecule has 0 radical (unpaired) electrons. The third kappa shape index (κ3) is 2.24. The van der Waals surface area contributed by atoms with E-state index in [1.54, 1.807) is 11.8 Å². The molecule has 1 aromatic carbocycles. The van der Waals surface area contributed by atoms with Crippen molar-refractivity contribution in [1.82, 2.24) is 15.0 Å². The van der Waals surface area contributed by atoms with Crippen molar-refractivity contribution < 1.29 is 0 Å². The lowest BCUT2D eigenvalue weighted by Crippen LogP contribution is -1.97. The summed E-state index contributed by atoms with van der Waals surface area (Å²) in [7, 11) is 0. The Hall–Kier alpha value is -1.62. The maximum absolute atomic E-state index is 5.49. The van der Waals surface area contributed by atoms with E-state index in [-0.39, 0.29) is 5.95 Å². The molecule has 4 nitrogen and oxygen atoms in total. The van der Waals surface area contributed by atoms with E-state index < -0.39 is 0 Å². The van der Waals surface area contributed by atoms with Gasteiger partial charge in [0.05, 0.1) is 0 Å². The molecular weight excluding hydrogens is 208 g/mol. The number of hydrogen-bond donors (Lipinski definition) is 1. The Labute approximate surface area is 92.0 Å². The summed E-state index contributed by atoms with van der Waals surface area (Å²) in [6.07, 6.45) is 3.45. The molecule has 0 atom stereocenters. The van der Waals surface area contributed by atoms with Crippen LogP contribution in [0, 0.1) is 0 Å². The molecule has 1 heterocycles. The van der Waals surface area contributed by atoms with Crippen molar-refractivity contribution in [2.75, 3.05) is 12.0 Å².